The average Bonchev–Trinajstić information content (AvgIpc) is 3.03. The number of phenolic OH excluding ortho intramolecular Hbond substituents is 1. The Morgan fingerprint density at radius 2 is 0.981 bits per heavy atom. The van der Waals surface area contributed by atoms with Crippen molar-refractivity contribution in [2.45, 2.75) is 9.79 Å². The smallest absolute Gasteiger partial charge is 0.339 e. The number of fused-ring (bicyclic) bond motifs is 1. The molecule has 0 aromatic heterocycles. The third-order valence-corrected chi connectivity index (χ3v) is 8.37. The number of nitrogens with two attached hydrogens (primary N) is 2. The number of carboxylic acid groups (broad SMARTS) is 1. The third-order valence-electron chi connectivity index (χ3n) is 6.64. The molecule has 3 radical (unpaired) electrons. The Labute approximate surface area is 361 Å². The van der Waals surface area contributed by atoms with Crippen molar-refractivity contribution in [3.63, 3.8) is 0 Å². The normalized spacial score (nSPS) is 11.7. The molecule has 5 aromatic carbocycles. The number of anilines is 2. The Kier molecular flexibility index (Phi) is 15.6. The molecule has 52 heavy (non-hydrogen) atoms. The molecule has 5 aromatic rings. The van der Waals surface area contributed by atoms with Gasteiger partial charge in [-0.2, -0.15) is 37.3 Å². The fraction of sp³-hybridized carbons (Fsp3) is 0. The van der Waals surface area contributed by atoms with Gasteiger partial charge in [-0.25, -0.2) is 4.79 Å². The summed E-state index contributed by atoms with van der Waals surface area (Å²) in [5.41, 5.74) is 10.7. The molecule has 0 saturated heterocycles. The van der Waals surface area contributed by atoms with Crippen LogP contribution in [0.1, 0.15) is 10.4 Å². The number of carboxylic acids is 1. The number of aromatic hydroxyl groups is 2. The molecular weight excluding hydrogens is 753 g/mol. The predicted octanol–water partition coefficient (Wildman–Crippen LogP) is 5.71. The van der Waals surface area contributed by atoms with E-state index in [9.17, 15) is 40.9 Å². The summed E-state index contributed by atoms with van der Waals surface area (Å²) in [6, 6.07) is 16.7. The van der Waals surface area contributed by atoms with E-state index in [2.05, 4.69) is 30.7 Å². The molecule has 18 nitrogen and oxygen atoms in total. The van der Waals surface area contributed by atoms with Crippen LogP contribution in [-0.4, -0.2) is 136 Å². The van der Waals surface area contributed by atoms with Gasteiger partial charge in [-0.15, -0.1) is 10.2 Å². The van der Waals surface area contributed by atoms with Crippen LogP contribution in [0.15, 0.2) is 119 Å². The van der Waals surface area contributed by atoms with Gasteiger partial charge in [0, 0.05) is 94.4 Å². The summed E-state index contributed by atoms with van der Waals surface area (Å²) in [5, 5.41) is 52.6. The quantitative estimate of drug-likeness (QED) is 0.0410. The van der Waals surface area contributed by atoms with Crippen LogP contribution in [0.25, 0.3) is 10.8 Å². The van der Waals surface area contributed by atoms with Gasteiger partial charge in [-0.3, -0.25) is 9.11 Å². The summed E-state index contributed by atoms with van der Waals surface area (Å²) < 4.78 is 69.0. The summed E-state index contributed by atoms with van der Waals surface area (Å²) in [4.78, 5) is 9.36. The first-order chi connectivity index (χ1) is 23.0. The van der Waals surface area contributed by atoms with Crippen molar-refractivity contribution in [3.05, 3.63) is 84.4 Å². The molecule has 0 unspecified atom stereocenters. The number of nitrogens with zero attached hydrogens (tertiary/aromatic N) is 6. The van der Waals surface area contributed by atoms with E-state index in [0.717, 1.165) is 24.3 Å². The number of benzene rings is 5. The summed E-state index contributed by atoms with van der Waals surface area (Å²) in [7, 11) is -10.2. The van der Waals surface area contributed by atoms with Crippen LogP contribution >= 0.6 is 0 Å². The second-order valence-electron chi connectivity index (χ2n) is 9.97. The first-order valence-corrected chi connectivity index (χ1v) is 16.2. The summed E-state index contributed by atoms with van der Waals surface area (Å²) in [6.45, 7) is 0. The van der Waals surface area contributed by atoms with Gasteiger partial charge in [-0.05, 0) is 84.2 Å². The standard InChI is InChI=1S/C29H22N8O10S2.3Na/c30-15-1-3-16(4-2-15)33-36-26-22(48(42,43)44)11-14-12-23(49(45,46)47)27(28(39)24(14)25(26)31)37-34-18-7-5-17(6-8-18)32-35-19-9-10-21(38)20(13-19)29(40)41;;;/h1-13,38-39H,30-31H2,(H,40,41)(H,42,43,44)(H,45,46,47);;;. The topological polar surface area (TPSA) is 313 Å². The molecular formula is C29H22N8Na3O10S2. The molecule has 253 valence electrons. The van der Waals surface area contributed by atoms with Crippen molar-refractivity contribution in [1.82, 2.24) is 0 Å². The molecule has 23 heteroatoms. The minimum atomic E-state index is -5.12. The molecule has 0 aliphatic heterocycles. The number of nitrogen functional groups attached to an aromatic ring is 2. The van der Waals surface area contributed by atoms with E-state index >= 15 is 0 Å². The molecule has 0 bridgehead atoms. The van der Waals surface area contributed by atoms with Gasteiger partial charge < -0.3 is 26.8 Å². The Morgan fingerprint density at radius 3 is 1.46 bits per heavy atom. The second kappa shape index (κ2) is 18.1. The Hall–Kier alpha value is -3.35. The average molecular weight is 776 g/mol. The van der Waals surface area contributed by atoms with Crippen molar-refractivity contribution in [2.75, 3.05) is 11.5 Å². The van der Waals surface area contributed by atoms with Crippen LogP contribution in [0.3, 0.4) is 0 Å². The zero-order valence-corrected chi connectivity index (χ0v) is 35.1. The van der Waals surface area contributed by atoms with Crippen LogP contribution in [0, 0.1) is 0 Å². The number of rotatable bonds is 9. The minimum Gasteiger partial charge on any atom is -0.507 e. The summed E-state index contributed by atoms with van der Waals surface area (Å²) >= 11 is 0. The van der Waals surface area contributed by atoms with E-state index in [1.807, 2.05) is 0 Å². The molecule has 0 atom stereocenters. The molecule has 0 spiro atoms. The summed E-state index contributed by atoms with van der Waals surface area (Å²) in [6.07, 6.45) is 0. The number of aromatic carboxylic acids is 1. The molecule has 5 rings (SSSR count). The van der Waals surface area contributed by atoms with E-state index in [1.165, 1.54) is 54.6 Å². The van der Waals surface area contributed by atoms with E-state index in [4.69, 9.17) is 16.6 Å². The van der Waals surface area contributed by atoms with Crippen LogP contribution in [0.4, 0.5) is 45.5 Å². The Morgan fingerprint density at radius 1 is 0.577 bits per heavy atom. The number of azo groups is 3. The van der Waals surface area contributed by atoms with Crippen LogP contribution in [0.2, 0.25) is 0 Å². The maximum Gasteiger partial charge on any atom is 0.339 e. The third kappa shape index (κ3) is 10.4. The van der Waals surface area contributed by atoms with Gasteiger partial charge in [0.05, 0.1) is 33.8 Å². The summed E-state index contributed by atoms with van der Waals surface area (Å²) in [5.74, 6) is -2.73. The largest absolute Gasteiger partial charge is 0.507 e. The molecule has 0 heterocycles. The zero-order valence-electron chi connectivity index (χ0n) is 27.4. The molecule has 0 fully saturated rings. The number of hydrogen-bond donors (Lipinski definition) is 7. The van der Waals surface area contributed by atoms with Gasteiger partial charge in [0.25, 0.3) is 20.2 Å². The number of hydrogen-bond acceptors (Lipinski definition) is 15. The maximum atomic E-state index is 12.3. The Balaban J connectivity index is 0.00000312. The van der Waals surface area contributed by atoms with Gasteiger partial charge in [0.15, 0.2) is 5.75 Å². The van der Waals surface area contributed by atoms with Gasteiger partial charge in [-0.1, -0.05) is 0 Å². The van der Waals surface area contributed by atoms with E-state index < -0.39 is 64.6 Å². The van der Waals surface area contributed by atoms with Crippen molar-refractivity contribution in [3.8, 4) is 11.5 Å². The molecule has 0 aliphatic carbocycles. The van der Waals surface area contributed by atoms with Crippen molar-refractivity contribution in [2.24, 2.45) is 30.7 Å². The maximum absolute atomic E-state index is 12.3. The van der Waals surface area contributed by atoms with Crippen LogP contribution < -0.4 is 11.5 Å². The van der Waals surface area contributed by atoms with E-state index in [1.54, 1.807) is 0 Å². The van der Waals surface area contributed by atoms with Crippen molar-refractivity contribution in [1.29, 1.82) is 0 Å². The van der Waals surface area contributed by atoms with E-state index in [-0.39, 0.29) is 128 Å². The van der Waals surface area contributed by atoms with Crippen LogP contribution in [0.5, 0.6) is 11.5 Å². The first-order valence-electron chi connectivity index (χ1n) is 13.4. The van der Waals surface area contributed by atoms with Crippen LogP contribution in [-0.2, 0) is 20.2 Å². The first kappa shape index (κ1) is 44.8. The number of phenols is 2. The fourth-order valence-corrected chi connectivity index (χ4v) is 5.65. The van der Waals surface area contributed by atoms with Crippen molar-refractivity contribution < 1.29 is 46.1 Å². The predicted molar refractivity (Wildman–Crippen MR) is 192 cm³/mol. The SMILES string of the molecule is Nc1ccc(N=Nc2c(S(=O)(=O)O)cc3cc(S(=O)(=O)O)c(N=Nc4ccc(N=Nc5ccc(O)c(C(=O)O)c5)cc4)c(O)c3c2N)cc1.[Na].[Na].[Na]. The molecule has 9 N–H and O–H groups in total. The fourth-order valence-electron chi connectivity index (χ4n) is 4.32. The second-order valence-corrected chi connectivity index (χ2v) is 12.8. The monoisotopic (exact) mass is 775 g/mol. The Bertz CT molecular complexity index is 2470. The molecule has 0 amide bonds. The van der Waals surface area contributed by atoms with Gasteiger partial charge in [0.2, 0.25) is 0 Å². The molecule has 0 saturated carbocycles. The van der Waals surface area contributed by atoms with E-state index in [0.29, 0.717) is 5.69 Å². The zero-order chi connectivity index (χ0) is 35.7. The minimum absolute atomic E-state index is 0. The molecule has 0 aliphatic rings. The van der Waals surface area contributed by atoms with Gasteiger partial charge >= 0.3 is 5.97 Å². The van der Waals surface area contributed by atoms with Gasteiger partial charge in [0.1, 0.15) is 32.5 Å². The van der Waals surface area contributed by atoms with Crippen molar-refractivity contribution >= 4 is 171 Å². The number of carbonyl (C=O) groups is 1.